The maximum absolute atomic E-state index is 12.1. The number of rotatable bonds is 1. The van der Waals surface area contributed by atoms with Crippen LogP contribution >= 0.6 is 0 Å². The minimum atomic E-state index is -0.808. The molecule has 1 saturated heterocycles. The zero-order chi connectivity index (χ0) is 16.2. The summed E-state index contributed by atoms with van der Waals surface area (Å²) in [7, 11) is 0. The summed E-state index contributed by atoms with van der Waals surface area (Å²) in [5.74, 6) is 0. The van der Waals surface area contributed by atoms with Gasteiger partial charge in [0.1, 0.15) is 5.60 Å². The second-order valence-electron chi connectivity index (χ2n) is 7.85. The van der Waals surface area contributed by atoms with Crippen LogP contribution < -0.4 is 0 Å². The monoisotopic (exact) mass is 303 g/mol. The average Bonchev–Trinajstić information content (AvgIpc) is 2.32. The normalized spacial score (nSPS) is 26.3. The van der Waals surface area contributed by atoms with Gasteiger partial charge >= 0.3 is 6.09 Å². The summed E-state index contributed by atoms with van der Waals surface area (Å²) in [6.07, 6.45) is 1.44. The SMILES string of the molecule is Cc1cccc(C2(O)CCC23CN(C(=O)OC(C)(C)C)C3)c1. The van der Waals surface area contributed by atoms with Gasteiger partial charge in [-0.2, -0.15) is 0 Å². The molecular weight excluding hydrogens is 278 g/mol. The first-order chi connectivity index (χ1) is 10.2. The van der Waals surface area contributed by atoms with E-state index in [1.807, 2.05) is 45.9 Å². The lowest BCUT2D eigenvalue weighted by Gasteiger charge is -2.64. The molecule has 2 aliphatic rings. The zero-order valence-corrected chi connectivity index (χ0v) is 13.8. The van der Waals surface area contributed by atoms with Crippen LogP contribution in [-0.4, -0.2) is 34.8 Å². The summed E-state index contributed by atoms with van der Waals surface area (Å²) in [4.78, 5) is 13.8. The summed E-state index contributed by atoms with van der Waals surface area (Å²) < 4.78 is 5.40. The average molecular weight is 303 g/mol. The van der Waals surface area contributed by atoms with E-state index in [1.54, 1.807) is 4.90 Å². The van der Waals surface area contributed by atoms with Crippen LogP contribution in [0.4, 0.5) is 4.79 Å². The van der Waals surface area contributed by atoms with Gasteiger partial charge in [0.25, 0.3) is 0 Å². The molecule has 1 atom stereocenters. The Morgan fingerprint density at radius 1 is 1.27 bits per heavy atom. The Kier molecular flexibility index (Phi) is 3.29. The van der Waals surface area contributed by atoms with Crippen molar-refractivity contribution in [2.75, 3.05) is 13.1 Å². The number of amides is 1. The molecule has 1 aromatic rings. The summed E-state index contributed by atoms with van der Waals surface area (Å²) in [6.45, 7) is 8.79. The number of aliphatic hydroxyl groups is 1. The Balaban J connectivity index is 1.71. The molecule has 1 saturated carbocycles. The maximum atomic E-state index is 12.1. The Labute approximate surface area is 132 Å². The van der Waals surface area contributed by atoms with E-state index in [-0.39, 0.29) is 11.5 Å². The Morgan fingerprint density at radius 3 is 2.45 bits per heavy atom. The van der Waals surface area contributed by atoms with Gasteiger partial charge in [-0.15, -0.1) is 0 Å². The lowest BCUT2D eigenvalue weighted by Crippen LogP contribution is -2.72. The van der Waals surface area contributed by atoms with Crippen LogP contribution in [0.15, 0.2) is 24.3 Å². The minimum absolute atomic E-state index is 0.197. The number of hydrogen-bond acceptors (Lipinski definition) is 3. The van der Waals surface area contributed by atoms with Crippen LogP contribution in [0.2, 0.25) is 0 Å². The van der Waals surface area contributed by atoms with Crippen molar-refractivity contribution in [3.05, 3.63) is 35.4 Å². The van der Waals surface area contributed by atoms with E-state index < -0.39 is 11.2 Å². The van der Waals surface area contributed by atoms with E-state index in [0.717, 1.165) is 24.0 Å². The third-order valence-corrected chi connectivity index (χ3v) is 4.98. The van der Waals surface area contributed by atoms with Gasteiger partial charge in [-0.05, 0) is 46.1 Å². The molecule has 4 nitrogen and oxygen atoms in total. The van der Waals surface area contributed by atoms with E-state index >= 15 is 0 Å². The molecular formula is C18H25NO3. The summed E-state index contributed by atoms with van der Waals surface area (Å²) in [5, 5.41) is 11.1. The topological polar surface area (TPSA) is 49.8 Å². The smallest absolute Gasteiger partial charge is 0.410 e. The number of aryl methyl sites for hydroxylation is 1. The Morgan fingerprint density at radius 2 is 1.95 bits per heavy atom. The molecule has 2 fully saturated rings. The number of benzene rings is 1. The molecule has 0 radical (unpaired) electrons. The van der Waals surface area contributed by atoms with Crippen LogP contribution in [0.25, 0.3) is 0 Å². The first-order valence-electron chi connectivity index (χ1n) is 7.93. The molecule has 1 amide bonds. The molecule has 0 aromatic heterocycles. The van der Waals surface area contributed by atoms with Crippen molar-refractivity contribution in [1.29, 1.82) is 0 Å². The number of likely N-dealkylation sites (tertiary alicyclic amines) is 1. The molecule has 1 aliphatic carbocycles. The van der Waals surface area contributed by atoms with Crippen LogP contribution in [0.3, 0.4) is 0 Å². The third-order valence-electron chi connectivity index (χ3n) is 4.98. The fourth-order valence-electron chi connectivity index (χ4n) is 3.63. The number of hydrogen-bond donors (Lipinski definition) is 1. The van der Waals surface area contributed by atoms with Crippen molar-refractivity contribution in [3.8, 4) is 0 Å². The highest BCUT2D eigenvalue weighted by Crippen LogP contribution is 2.61. The first kappa shape index (κ1) is 15.3. The number of carbonyl (C=O) groups excluding carboxylic acids is 1. The van der Waals surface area contributed by atoms with Gasteiger partial charge in [-0.25, -0.2) is 4.79 Å². The second kappa shape index (κ2) is 4.72. The van der Waals surface area contributed by atoms with Crippen molar-refractivity contribution < 1.29 is 14.6 Å². The summed E-state index contributed by atoms with van der Waals surface area (Å²) >= 11 is 0. The van der Waals surface area contributed by atoms with E-state index in [4.69, 9.17) is 4.74 Å². The van der Waals surface area contributed by atoms with Crippen molar-refractivity contribution in [2.24, 2.45) is 5.41 Å². The highest BCUT2D eigenvalue weighted by Gasteiger charge is 2.65. The van der Waals surface area contributed by atoms with Crippen molar-refractivity contribution in [1.82, 2.24) is 4.90 Å². The fraction of sp³-hybridized carbons (Fsp3) is 0.611. The number of nitrogens with zero attached hydrogens (tertiary/aromatic N) is 1. The lowest BCUT2D eigenvalue weighted by atomic mass is 9.50. The van der Waals surface area contributed by atoms with Gasteiger partial charge in [0.15, 0.2) is 0 Å². The molecule has 1 heterocycles. The Hall–Kier alpha value is -1.55. The predicted octanol–water partition coefficient (Wildman–Crippen LogP) is 3.21. The molecule has 4 heteroatoms. The molecule has 1 aliphatic heterocycles. The van der Waals surface area contributed by atoms with Crippen molar-refractivity contribution in [2.45, 2.75) is 51.7 Å². The lowest BCUT2D eigenvalue weighted by molar-refractivity contribution is -0.233. The zero-order valence-electron chi connectivity index (χ0n) is 13.8. The van der Waals surface area contributed by atoms with Gasteiger partial charge < -0.3 is 14.7 Å². The molecule has 1 spiro atoms. The highest BCUT2D eigenvalue weighted by molar-refractivity contribution is 5.70. The maximum Gasteiger partial charge on any atom is 0.410 e. The van der Waals surface area contributed by atoms with Crippen LogP contribution in [-0.2, 0) is 10.3 Å². The van der Waals surface area contributed by atoms with E-state index in [2.05, 4.69) is 6.07 Å². The Bertz CT molecular complexity index is 599. The largest absolute Gasteiger partial charge is 0.444 e. The highest BCUT2D eigenvalue weighted by atomic mass is 16.6. The summed E-state index contributed by atoms with van der Waals surface area (Å²) in [6, 6.07) is 8.06. The molecule has 0 bridgehead atoms. The molecule has 1 N–H and O–H groups in total. The predicted molar refractivity (Wildman–Crippen MR) is 84.5 cm³/mol. The van der Waals surface area contributed by atoms with E-state index in [0.29, 0.717) is 13.1 Å². The first-order valence-corrected chi connectivity index (χ1v) is 7.93. The van der Waals surface area contributed by atoms with Crippen molar-refractivity contribution >= 4 is 6.09 Å². The number of ether oxygens (including phenoxy) is 1. The van der Waals surface area contributed by atoms with Gasteiger partial charge in [0.05, 0.1) is 5.60 Å². The molecule has 120 valence electrons. The standard InChI is InChI=1S/C18H25NO3/c1-13-6-5-7-14(10-13)18(21)9-8-17(18)11-19(12-17)15(20)22-16(2,3)4/h5-7,10,21H,8-9,11-12H2,1-4H3. The molecule has 1 aromatic carbocycles. The second-order valence-corrected chi connectivity index (χ2v) is 7.85. The molecule has 22 heavy (non-hydrogen) atoms. The van der Waals surface area contributed by atoms with Crippen LogP contribution in [0.5, 0.6) is 0 Å². The van der Waals surface area contributed by atoms with E-state index in [1.165, 1.54) is 0 Å². The van der Waals surface area contributed by atoms with Gasteiger partial charge in [-0.3, -0.25) is 0 Å². The summed E-state index contributed by atoms with van der Waals surface area (Å²) in [5.41, 5.74) is 0.639. The van der Waals surface area contributed by atoms with Crippen molar-refractivity contribution in [3.63, 3.8) is 0 Å². The third kappa shape index (κ3) is 2.30. The molecule has 3 rings (SSSR count). The van der Waals surface area contributed by atoms with Crippen LogP contribution in [0.1, 0.15) is 44.7 Å². The molecule has 1 unspecified atom stereocenters. The van der Waals surface area contributed by atoms with Gasteiger partial charge in [0, 0.05) is 18.5 Å². The van der Waals surface area contributed by atoms with Gasteiger partial charge in [-0.1, -0.05) is 29.8 Å². The fourth-order valence-corrected chi connectivity index (χ4v) is 3.63. The number of carbonyl (C=O) groups is 1. The van der Waals surface area contributed by atoms with Gasteiger partial charge in [0.2, 0.25) is 0 Å². The van der Waals surface area contributed by atoms with E-state index in [9.17, 15) is 9.90 Å². The van der Waals surface area contributed by atoms with Crippen LogP contribution in [0, 0.1) is 12.3 Å². The minimum Gasteiger partial charge on any atom is -0.444 e. The quantitative estimate of drug-likeness (QED) is 0.866.